The first-order valence-electron chi connectivity index (χ1n) is 9.30. The van der Waals surface area contributed by atoms with Crippen molar-refractivity contribution in [3.8, 4) is 5.82 Å². The number of pyridine rings is 2. The molecular weight excluding hydrogens is 507 g/mol. The van der Waals surface area contributed by atoms with Crippen LogP contribution in [0.25, 0.3) is 16.7 Å². The number of fused-ring (bicyclic) bond motifs is 1. The van der Waals surface area contributed by atoms with Gasteiger partial charge in [0.05, 0.1) is 32.9 Å². The second-order valence-corrected chi connectivity index (χ2v) is 7.74. The number of hydrogen-bond donors (Lipinski definition) is 1. The van der Waals surface area contributed by atoms with E-state index in [1.165, 1.54) is 10.8 Å². The van der Waals surface area contributed by atoms with Gasteiger partial charge in [-0.3, -0.25) is 9.99 Å². The van der Waals surface area contributed by atoms with Gasteiger partial charge in [-0.15, -0.1) is 0 Å². The van der Waals surface area contributed by atoms with Gasteiger partial charge in [-0.1, -0.05) is 41.4 Å². The Labute approximate surface area is 197 Å². The number of para-hydroxylation sites is 1. The van der Waals surface area contributed by atoms with E-state index in [-0.39, 0.29) is 21.7 Å². The van der Waals surface area contributed by atoms with Crippen LogP contribution in [0.5, 0.6) is 0 Å². The number of nitrogens with one attached hydrogen (secondary N) is 1. The van der Waals surface area contributed by atoms with E-state index < -0.39 is 23.5 Å². The first-order valence-corrected chi connectivity index (χ1v) is 10.1. The Bertz CT molecular complexity index is 1390. The minimum absolute atomic E-state index is 0.0749. The molecule has 4 rings (SSSR count). The number of anilines is 1. The third-order valence-electron chi connectivity index (χ3n) is 4.66. The summed E-state index contributed by atoms with van der Waals surface area (Å²) in [5.41, 5.74) is 1.59. The molecular formula is C21H11Cl2F6N5. The van der Waals surface area contributed by atoms with E-state index in [0.29, 0.717) is 28.9 Å². The summed E-state index contributed by atoms with van der Waals surface area (Å²) in [5.74, 6) is -0.0203. The fourth-order valence-corrected chi connectivity index (χ4v) is 3.55. The third kappa shape index (κ3) is 4.80. The minimum atomic E-state index is -4.59. The molecule has 0 unspecified atom stereocenters. The molecule has 0 aliphatic rings. The molecule has 0 spiro atoms. The van der Waals surface area contributed by atoms with Crippen LogP contribution in [-0.2, 0) is 12.4 Å². The van der Waals surface area contributed by atoms with Crippen LogP contribution in [0.3, 0.4) is 0 Å². The van der Waals surface area contributed by atoms with Gasteiger partial charge in [-0.2, -0.15) is 31.4 Å². The van der Waals surface area contributed by atoms with Crippen molar-refractivity contribution >= 4 is 46.1 Å². The average Bonchev–Trinajstić information content (AvgIpc) is 3.12. The Morgan fingerprint density at radius 2 is 1.50 bits per heavy atom. The molecule has 4 aromatic rings. The highest BCUT2D eigenvalue weighted by molar-refractivity contribution is 6.33. The van der Waals surface area contributed by atoms with Crippen molar-refractivity contribution in [1.82, 2.24) is 14.5 Å². The van der Waals surface area contributed by atoms with E-state index in [1.54, 1.807) is 30.5 Å². The number of halogens is 8. The van der Waals surface area contributed by atoms with Crippen LogP contribution in [0.1, 0.15) is 16.7 Å². The quantitative estimate of drug-likeness (QED) is 0.177. The fraction of sp³-hybridized carbons (Fsp3) is 0.0952. The molecule has 5 nitrogen and oxygen atoms in total. The molecule has 3 aromatic heterocycles. The predicted molar refractivity (Wildman–Crippen MR) is 117 cm³/mol. The summed E-state index contributed by atoms with van der Waals surface area (Å²) in [6.07, 6.45) is -4.97. The van der Waals surface area contributed by atoms with Crippen LogP contribution < -0.4 is 5.43 Å². The summed E-state index contributed by atoms with van der Waals surface area (Å²) in [7, 11) is 0. The second-order valence-electron chi connectivity index (χ2n) is 6.92. The number of nitrogens with zero attached hydrogens (tertiary/aromatic N) is 4. The monoisotopic (exact) mass is 517 g/mol. The van der Waals surface area contributed by atoms with Crippen molar-refractivity contribution in [1.29, 1.82) is 0 Å². The highest BCUT2D eigenvalue weighted by Gasteiger charge is 2.32. The molecule has 0 saturated heterocycles. The zero-order valence-electron chi connectivity index (χ0n) is 16.6. The van der Waals surface area contributed by atoms with E-state index >= 15 is 0 Å². The van der Waals surface area contributed by atoms with Crippen LogP contribution >= 0.6 is 23.2 Å². The van der Waals surface area contributed by atoms with Gasteiger partial charge in [0.15, 0.2) is 11.6 Å². The van der Waals surface area contributed by atoms with Crippen molar-refractivity contribution in [3.05, 3.63) is 81.7 Å². The van der Waals surface area contributed by atoms with Gasteiger partial charge < -0.3 is 0 Å². The molecule has 13 heteroatoms. The third-order valence-corrected chi connectivity index (χ3v) is 5.23. The maximum atomic E-state index is 12.9. The van der Waals surface area contributed by atoms with Crippen LogP contribution in [-0.4, -0.2) is 20.7 Å². The normalized spacial score (nSPS) is 12.6. The second kappa shape index (κ2) is 8.80. The zero-order chi connectivity index (χ0) is 24.7. The average molecular weight is 518 g/mol. The molecule has 1 aromatic carbocycles. The summed E-state index contributed by atoms with van der Waals surface area (Å²) in [5, 5.41) is 4.14. The van der Waals surface area contributed by atoms with E-state index in [1.807, 2.05) is 0 Å². The molecule has 34 heavy (non-hydrogen) atoms. The highest BCUT2D eigenvalue weighted by atomic mass is 35.5. The Kier molecular flexibility index (Phi) is 6.17. The lowest BCUT2D eigenvalue weighted by molar-refractivity contribution is -0.138. The van der Waals surface area contributed by atoms with E-state index in [2.05, 4.69) is 20.5 Å². The van der Waals surface area contributed by atoms with Crippen LogP contribution in [0, 0.1) is 0 Å². The molecule has 0 radical (unpaired) electrons. The summed E-state index contributed by atoms with van der Waals surface area (Å²) in [6.45, 7) is 0. The molecule has 3 heterocycles. The lowest BCUT2D eigenvalue weighted by Gasteiger charge is -2.10. The summed E-state index contributed by atoms with van der Waals surface area (Å²) >= 11 is 11.9. The molecule has 176 valence electrons. The maximum absolute atomic E-state index is 12.9. The van der Waals surface area contributed by atoms with Crippen LogP contribution in [0.2, 0.25) is 10.0 Å². The summed E-state index contributed by atoms with van der Waals surface area (Å²) in [6, 6.07) is 8.43. The van der Waals surface area contributed by atoms with E-state index in [4.69, 9.17) is 23.2 Å². The van der Waals surface area contributed by atoms with Crippen molar-refractivity contribution in [3.63, 3.8) is 0 Å². The highest BCUT2D eigenvalue weighted by Crippen LogP contribution is 2.34. The van der Waals surface area contributed by atoms with E-state index in [9.17, 15) is 26.3 Å². The van der Waals surface area contributed by atoms with Gasteiger partial charge in [0, 0.05) is 29.5 Å². The van der Waals surface area contributed by atoms with Gasteiger partial charge in [0.25, 0.3) is 0 Å². The number of rotatable bonds is 4. The molecule has 0 bridgehead atoms. The fourth-order valence-electron chi connectivity index (χ4n) is 3.09. The molecule has 0 aliphatic carbocycles. The summed E-state index contributed by atoms with van der Waals surface area (Å²) in [4.78, 5) is 7.51. The maximum Gasteiger partial charge on any atom is 0.417 e. The van der Waals surface area contributed by atoms with Crippen molar-refractivity contribution < 1.29 is 26.3 Å². The minimum Gasteiger partial charge on any atom is -0.299 e. The number of aromatic nitrogens is 3. The van der Waals surface area contributed by atoms with Crippen molar-refractivity contribution in [2.24, 2.45) is 5.10 Å². The largest absolute Gasteiger partial charge is 0.417 e. The van der Waals surface area contributed by atoms with Gasteiger partial charge in [0.1, 0.15) is 0 Å². The number of benzene rings is 1. The summed E-state index contributed by atoms with van der Waals surface area (Å²) < 4.78 is 78.6. The van der Waals surface area contributed by atoms with Crippen molar-refractivity contribution in [2.45, 2.75) is 12.4 Å². The molecule has 0 atom stereocenters. The molecule has 0 fully saturated rings. The van der Waals surface area contributed by atoms with Gasteiger partial charge in [0.2, 0.25) is 0 Å². The van der Waals surface area contributed by atoms with Crippen molar-refractivity contribution in [2.75, 3.05) is 5.43 Å². The smallest absolute Gasteiger partial charge is 0.299 e. The molecule has 0 aliphatic heterocycles. The number of hydrazone groups is 1. The Hall–Kier alpha value is -3.31. The Morgan fingerprint density at radius 1 is 0.882 bits per heavy atom. The lowest BCUT2D eigenvalue weighted by Crippen LogP contribution is -2.07. The zero-order valence-corrected chi connectivity index (χ0v) is 18.1. The van der Waals surface area contributed by atoms with Crippen LogP contribution in [0.4, 0.5) is 32.2 Å². The van der Waals surface area contributed by atoms with Gasteiger partial charge in [-0.05, 0) is 18.2 Å². The van der Waals surface area contributed by atoms with E-state index in [0.717, 1.165) is 12.1 Å². The molecule has 0 saturated carbocycles. The first-order chi connectivity index (χ1) is 15.9. The number of alkyl halides is 6. The topological polar surface area (TPSA) is 55.1 Å². The van der Waals surface area contributed by atoms with Gasteiger partial charge in [-0.25, -0.2) is 9.97 Å². The number of hydrogen-bond acceptors (Lipinski definition) is 4. The molecule has 1 N–H and O–H groups in total. The first kappa shape index (κ1) is 23.8. The SMILES string of the molecule is FC(F)(F)c1cnc(N/N=C\c2cn(-c3ncc(C(F)(F)F)cc3Cl)c3ccccc23)c(Cl)c1. The Morgan fingerprint density at radius 3 is 2.12 bits per heavy atom. The van der Waals surface area contributed by atoms with Crippen LogP contribution in [0.15, 0.2) is 60.1 Å². The lowest BCUT2D eigenvalue weighted by atomic mass is 10.2. The standard InChI is InChI=1S/C21H11Cl2F6N5/c22-15-5-12(20(24,25)26)8-30-18(15)33-32-7-11-10-34(17-4-2-1-3-14(11)17)19-16(23)6-13(9-31-19)21(27,28)29/h1-10H,(H,30,33)/b32-7-. The predicted octanol–water partition coefficient (Wildman–Crippen LogP) is 7.21. The Balaban J connectivity index is 1.66. The molecule has 0 amide bonds. The van der Waals surface area contributed by atoms with Gasteiger partial charge >= 0.3 is 12.4 Å².